The third-order valence-electron chi connectivity index (χ3n) is 2.74. The van der Waals surface area contributed by atoms with E-state index in [1.54, 1.807) is 11.3 Å². The van der Waals surface area contributed by atoms with E-state index in [2.05, 4.69) is 18.8 Å². The van der Waals surface area contributed by atoms with Gasteiger partial charge in [-0.15, -0.1) is 11.3 Å². The molecule has 0 aliphatic rings. The second-order valence-corrected chi connectivity index (χ2v) is 5.37. The van der Waals surface area contributed by atoms with Crippen molar-refractivity contribution < 1.29 is 9.47 Å². The number of benzene rings is 1. The van der Waals surface area contributed by atoms with Crippen molar-refractivity contribution in [3.05, 3.63) is 46.2 Å². The minimum atomic E-state index is 0.370. The third kappa shape index (κ3) is 4.82. The molecule has 0 saturated carbocycles. The molecule has 3 nitrogen and oxygen atoms in total. The highest BCUT2D eigenvalue weighted by Crippen LogP contribution is 2.21. The highest BCUT2D eigenvalue weighted by atomic mass is 32.1. The van der Waals surface area contributed by atoms with Crippen molar-refractivity contribution in [2.75, 3.05) is 13.2 Å². The zero-order valence-corrected chi connectivity index (χ0v) is 12.9. The molecule has 0 spiro atoms. The Labute approximate surface area is 129 Å². The molecule has 0 aliphatic carbocycles. The Balaban J connectivity index is 1.92. The van der Waals surface area contributed by atoms with Gasteiger partial charge in [-0.3, -0.25) is 0 Å². The topological polar surface area (TPSA) is 44.5 Å². The Morgan fingerprint density at radius 2 is 1.81 bits per heavy atom. The number of hydrogen-bond donors (Lipinski definition) is 1. The molecular weight excluding hydrogens is 282 g/mol. The Kier molecular flexibility index (Phi) is 6.14. The van der Waals surface area contributed by atoms with Crippen LogP contribution in [-0.4, -0.2) is 13.2 Å². The lowest BCUT2D eigenvalue weighted by Gasteiger charge is -2.07. The van der Waals surface area contributed by atoms with Gasteiger partial charge >= 0.3 is 0 Å². The Bertz CT molecular complexity index is 608. The highest BCUT2D eigenvalue weighted by Gasteiger charge is 2.03. The minimum Gasteiger partial charge on any atom is -0.494 e. The van der Waals surface area contributed by atoms with Gasteiger partial charge in [-0.1, -0.05) is 18.8 Å². The van der Waals surface area contributed by atoms with Gasteiger partial charge in [-0.2, -0.15) is 0 Å². The summed E-state index contributed by atoms with van der Waals surface area (Å²) in [6.07, 6.45) is 1.00. The van der Waals surface area contributed by atoms with Gasteiger partial charge in [0.2, 0.25) is 0 Å². The first-order chi connectivity index (χ1) is 10.3. The maximum Gasteiger partial charge on any atom is 0.124 e. The SMILES string of the molecule is CCCOc1ccc(OCc2sccc2C#CCN)cc1. The monoisotopic (exact) mass is 301 g/mol. The van der Waals surface area contributed by atoms with Crippen molar-refractivity contribution in [3.8, 4) is 23.3 Å². The normalized spacial score (nSPS) is 9.81. The lowest BCUT2D eigenvalue weighted by atomic mass is 10.2. The lowest BCUT2D eigenvalue weighted by molar-refractivity contribution is 0.304. The quantitative estimate of drug-likeness (QED) is 0.831. The van der Waals surface area contributed by atoms with Crippen molar-refractivity contribution in [1.82, 2.24) is 0 Å². The maximum absolute atomic E-state index is 5.79. The molecule has 110 valence electrons. The second kappa shape index (κ2) is 8.35. The van der Waals surface area contributed by atoms with Gasteiger partial charge in [0.15, 0.2) is 0 Å². The molecule has 0 bridgehead atoms. The summed E-state index contributed by atoms with van der Waals surface area (Å²) in [6, 6.07) is 9.69. The molecule has 2 rings (SSSR count). The molecule has 1 aromatic heterocycles. The Morgan fingerprint density at radius 1 is 1.10 bits per heavy atom. The van der Waals surface area contributed by atoms with E-state index in [4.69, 9.17) is 15.2 Å². The van der Waals surface area contributed by atoms with Crippen molar-refractivity contribution in [2.24, 2.45) is 5.73 Å². The summed E-state index contributed by atoms with van der Waals surface area (Å²) in [6.45, 7) is 3.71. The first-order valence-corrected chi connectivity index (χ1v) is 7.82. The molecule has 2 aromatic rings. The van der Waals surface area contributed by atoms with Crippen molar-refractivity contribution in [1.29, 1.82) is 0 Å². The number of hydrogen-bond acceptors (Lipinski definition) is 4. The van der Waals surface area contributed by atoms with E-state index in [-0.39, 0.29) is 0 Å². The van der Waals surface area contributed by atoms with Crippen LogP contribution in [0.25, 0.3) is 0 Å². The van der Waals surface area contributed by atoms with Crippen LogP contribution >= 0.6 is 11.3 Å². The largest absolute Gasteiger partial charge is 0.494 e. The summed E-state index contributed by atoms with van der Waals surface area (Å²) in [5.74, 6) is 7.62. The molecule has 0 radical (unpaired) electrons. The standard InChI is InChI=1S/C17H19NO2S/c1-2-11-19-15-5-7-16(8-6-15)20-13-17-14(4-3-10-18)9-12-21-17/h5-9,12H,2,10-11,13,18H2,1H3. The van der Waals surface area contributed by atoms with Gasteiger partial charge in [0.1, 0.15) is 18.1 Å². The minimum absolute atomic E-state index is 0.370. The van der Waals surface area contributed by atoms with Crippen LogP contribution in [0.5, 0.6) is 11.5 Å². The smallest absolute Gasteiger partial charge is 0.124 e. The molecule has 21 heavy (non-hydrogen) atoms. The molecule has 0 atom stereocenters. The van der Waals surface area contributed by atoms with E-state index in [0.717, 1.165) is 35.0 Å². The molecule has 0 aliphatic heterocycles. The van der Waals surface area contributed by atoms with Gasteiger partial charge in [-0.25, -0.2) is 0 Å². The molecule has 4 heteroatoms. The van der Waals surface area contributed by atoms with Gasteiger partial charge < -0.3 is 15.2 Å². The summed E-state index contributed by atoms with van der Waals surface area (Å²) < 4.78 is 11.3. The molecule has 2 N–H and O–H groups in total. The molecule has 1 aromatic carbocycles. The van der Waals surface area contributed by atoms with Crippen LogP contribution in [0.2, 0.25) is 0 Å². The fourth-order valence-corrected chi connectivity index (χ4v) is 2.45. The predicted molar refractivity (Wildman–Crippen MR) is 86.8 cm³/mol. The first-order valence-electron chi connectivity index (χ1n) is 6.94. The molecule has 0 amide bonds. The predicted octanol–water partition coefficient (Wildman–Crippen LogP) is 3.43. The van der Waals surface area contributed by atoms with E-state index in [1.807, 2.05) is 35.7 Å². The summed E-state index contributed by atoms with van der Waals surface area (Å²) in [5.41, 5.74) is 6.39. The number of ether oxygens (including phenoxy) is 2. The Hall–Kier alpha value is -1.96. The summed E-state index contributed by atoms with van der Waals surface area (Å²) in [5, 5.41) is 2.01. The van der Waals surface area contributed by atoms with E-state index in [0.29, 0.717) is 13.2 Å². The fourth-order valence-electron chi connectivity index (χ4n) is 1.71. The summed E-state index contributed by atoms with van der Waals surface area (Å²) >= 11 is 1.64. The van der Waals surface area contributed by atoms with Gasteiger partial charge in [0.25, 0.3) is 0 Å². The number of nitrogens with two attached hydrogens (primary N) is 1. The van der Waals surface area contributed by atoms with Gasteiger partial charge in [0, 0.05) is 5.56 Å². The molecule has 0 saturated heterocycles. The molecule has 0 fully saturated rings. The van der Waals surface area contributed by atoms with Gasteiger partial charge in [-0.05, 0) is 42.1 Å². The van der Waals surface area contributed by atoms with E-state index in [1.165, 1.54) is 0 Å². The summed E-state index contributed by atoms with van der Waals surface area (Å²) in [7, 11) is 0. The van der Waals surface area contributed by atoms with E-state index >= 15 is 0 Å². The van der Waals surface area contributed by atoms with Crippen LogP contribution in [0.1, 0.15) is 23.8 Å². The van der Waals surface area contributed by atoms with Crippen LogP contribution in [-0.2, 0) is 6.61 Å². The average molecular weight is 301 g/mol. The molecular formula is C17H19NO2S. The average Bonchev–Trinajstić information content (AvgIpc) is 2.97. The summed E-state index contributed by atoms with van der Waals surface area (Å²) in [4.78, 5) is 1.11. The van der Waals surface area contributed by atoms with Crippen LogP contribution < -0.4 is 15.2 Å². The van der Waals surface area contributed by atoms with Crippen LogP contribution in [0.3, 0.4) is 0 Å². The number of thiophene rings is 1. The van der Waals surface area contributed by atoms with E-state index in [9.17, 15) is 0 Å². The van der Waals surface area contributed by atoms with Gasteiger partial charge in [0.05, 0.1) is 18.0 Å². The maximum atomic E-state index is 5.79. The Morgan fingerprint density at radius 3 is 2.48 bits per heavy atom. The second-order valence-electron chi connectivity index (χ2n) is 4.37. The molecule has 0 unspecified atom stereocenters. The number of rotatable bonds is 6. The highest BCUT2D eigenvalue weighted by molar-refractivity contribution is 7.10. The van der Waals surface area contributed by atoms with Crippen molar-refractivity contribution >= 4 is 11.3 Å². The lowest BCUT2D eigenvalue weighted by Crippen LogP contribution is -1.97. The zero-order valence-electron chi connectivity index (χ0n) is 12.1. The van der Waals surface area contributed by atoms with Crippen LogP contribution in [0.4, 0.5) is 0 Å². The van der Waals surface area contributed by atoms with Crippen molar-refractivity contribution in [3.63, 3.8) is 0 Å². The zero-order chi connectivity index (χ0) is 14.9. The van der Waals surface area contributed by atoms with Crippen molar-refractivity contribution in [2.45, 2.75) is 20.0 Å². The fraction of sp³-hybridized carbons (Fsp3) is 0.294. The first kappa shape index (κ1) is 15.4. The third-order valence-corrected chi connectivity index (χ3v) is 3.63. The molecule has 1 heterocycles. The van der Waals surface area contributed by atoms with Crippen LogP contribution in [0.15, 0.2) is 35.7 Å². The van der Waals surface area contributed by atoms with E-state index < -0.39 is 0 Å². The van der Waals surface area contributed by atoms with Crippen LogP contribution in [0, 0.1) is 11.8 Å².